The fraction of sp³-hybridized carbons (Fsp3) is 0.263. The van der Waals surface area contributed by atoms with Gasteiger partial charge in [-0.15, -0.1) is 0 Å². The molecule has 3 rings (SSSR count). The maximum absolute atomic E-state index is 11.8. The Kier molecular flexibility index (Phi) is 5.09. The average molecular weight is 321 g/mol. The van der Waals surface area contributed by atoms with E-state index in [1.807, 2.05) is 0 Å². The van der Waals surface area contributed by atoms with Gasteiger partial charge in [0.2, 0.25) is 5.56 Å². The highest BCUT2D eigenvalue weighted by Gasteiger charge is 2.14. The molecule has 0 spiro atoms. The maximum Gasteiger partial charge on any atom is 0.253 e. The normalized spacial score (nSPS) is 13.5. The second kappa shape index (κ2) is 7.62. The number of pyridine rings is 1. The number of hydrogen-bond donors (Lipinski definition) is 2. The van der Waals surface area contributed by atoms with Gasteiger partial charge in [0.05, 0.1) is 18.7 Å². The number of amides is 1. The van der Waals surface area contributed by atoms with E-state index in [0.717, 1.165) is 19.5 Å². The number of aromatic nitrogens is 1. The summed E-state index contributed by atoms with van der Waals surface area (Å²) in [6, 6.07) is 11.3. The van der Waals surface area contributed by atoms with Gasteiger partial charge in [0.15, 0.2) is 0 Å². The Hall–Kier alpha value is -2.84. The SMILES string of the molecule is O=C(NCC#CCN1CCc2ccccc2C1)c1ccc(=O)[nH]c1. The number of rotatable bonds is 3. The molecule has 24 heavy (non-hydrogen) atoms. The average Bonchev–Trinajstić information content (AvgIpc) is 2.61. The molecule has 1 aliphatic heterocycles. The summed E-state index contributed by atoms with van der Waals surface area (Å²) >= 11 is 0. The molecule has 1 aromatic heterocycles. The number of carbonyl (C=O) groups excluding carboxylic acids is 1. The third-order valence-corrected chi connectivity index (χ3v) is 4.02. The molecule has 0 saturated carbocycles. The molecule has 0 radical (unpaired) electrons. The topological polar surface area (TPSA) is 65.2 Å². The summed E-state index contributed by atoms with van der Waals surface area (Å²) in [5, 5.41) is 2.72. The molecule has 0 aliphatic carbocycles. The first-order chi connectivity index (χ1) is 11.7. The van der Waals surface area contributed by atoms with E-state index in [4.69, 9.17) is 0 Å². The Balaban J connectivity index is 1.45. The van der Waals surface area contributed by atoms with Gasteiger partial charge in [-0.25, -0.2) is 0 Å². The Labute approximate surface area is 140 Å². The smallest absolute Gasteiger partial charge is 0.253 e. The van der Waals surface area contributed by atoms with Crippen LogP contribution in [0.1, 0.15) is 21.5 Å². The van der Waals surface area contributed by atoms with Gasteiger partial charge in [-0.1, -0.05) is 36.1 Å². The van der Waals surface area contributed by atoms with Gasteiger partial charge in [0.25, 0.3) is 5.91 Å². The zero-order valence-corrected chi connectivity index (χ0v) is 13.3. The molecule has 1 aromatic carbocycles. The van der Waals surface area contributed by atoms with Crippen molar-refractivity contribution in [1.82, 2.24) is 15.2 Å². The fourth-order valence-electron chi connectivity index (χ4n) is 2.70. The molecule has 5 heteroatoms. The van der Waals surface area contributed by atoms with E-state index < -0.39 is 0 Å². The Morgan fingerprint density at radius 2 is 2.00 bits per heavy atom. The quantitative estimate of drug-likeness (QED) is 0.834. The summed E-state index contributed by atoms with van der Waals surface area (Å²) in [5.41, 5.74) is 2.99. The van der Waals surface area contributed by atoms with Crippen molar-refractivity contribution in [2.75, 3.05) is 19.6 Å². The molecule has 0 fully saturated rings. The lowest BCUT2D eigenvalue weighted by atomic mass is 10.0. The van der Waals surface area contributed by atoms with Gasteiger partial charge < -0.3 is 10.3 Å². The highest BCUT2D eigenvalue weighted by atomic mass is 16.1. The van der Waals surface area contributed by atoms with Crippen molar-refractivity contribution in [3.8, 4) is 11.8 Å². The predicted molar refractivity (Wildman–Crippen MR) is 92.6 cm³/mol. The number of nitrogens with zero attached hydrogens (tertiary/aromatic N) is 1. The number of aromatic amines is 1. The summed E-state index contributed by atoms with van der Waals surface area (Å²) in [7, 11) is 0. The minimum Gasteiger partial charge on any atom is -0.341 e. The van der Waals surface area contributed by atoms with Crippen molar-refractivity contribution in [3.63, 3.8) is 0 Å². The number of nitrogens with one attached hydrogen (secondary N) is 2. The number of fused-ring (bicyclic) bond motifs is 1. The summed E-state index contributed by atoms with van der Waals surface area (Å²) in [6.45, 7) is 2.93. The first kappa shape index (κ1) is 16.0. The van der Waals surface area contributed by atoms with Crippen LogP contribution in [0.5, 0.6) is 0 Å². The summed E-state index contributed by atoms with van der Waals surface area (Å²) in [5.74, 6) is 5.84. The molecular weight excluding hydrogens is 302 g/mol. The summed E-state index contributed by atoms with van der Waals surface area (Å²) in [4.78, 5) is 27.6. The zero-order valence-electron chi connectivity index (χ0n) is 13.3. The third-order valence-electron chi connectivity index (χ3n) is 4.02. The van der Waals surface area contributed by atoms with Crippen LogP contribution in [0.4, 0.5) is 0 Å². The Bertz CT molecular complexity index is 825. The van der Waals surface area contributed by atoms with Crippen molar-refractivity contribution in [3.05, 3.63) is 69.6 Å². The van der Waals surface area contributed by atoms with Crippen molar-refractivity contribution < 1.29 is 4.79 Å². The lowest BCUT2D eigenvalue weighted by molar-refractivity contribution is 0.0958. The van der Waals surface area contributed by atoms with Crippen LogP contribution in [-0.4, -0.2) is 35.4 Å². The molecule has 122 valence electrons. The minimum atomic E-state index is -0.243. The highest BCUT2D eigenvalue weighted by molar-refractivity contribution is 5.93. The van der Waals surface area contributed by atoms with Crippen LogP contribution in [0.3, 0.4) is 0 Å². The van der Waals surface area contributed by atoms with E-state index in [9.17, 15) is 9.59 Å². The molecule has 0 bridgehead atoms. The van der Waals surface area contributed by atoms with E-state index in [0.29, 0.717) is 18.7 Å². The van der Waals surface area contributed by atoms with Crippen LogP contribution in [0, 0.1) is 11.8 Å². The molecule has 2 aromatic rings. The third kappa shape index (κ3) is 4.12. The number of hydrogen-bond acceptors (Lipinski definition) is 3. The molecular formula is C19H19N3O2. The molecule has 2 heterocycles. The molecule has 0 unspecified atom stereocenters. The van der Waals surface area contributed by atoms with Gasteiger partial charge >= 0.3 is 0 Å². The monoisotopic (exact) mass is 321 g/mol. The summed E-state index contributed by atoms with van der Waals surface area (Å²) < 4.78 is 0. The summed E-state index contributed by atoms with van der Waals surface area (Å²) in [6.07, 6.45) is 2.46. The minimum absolute atomic E-state index is 0.227. The molecule has 0 saturated heterocycles. The van der Waals surface area contributed by atoms with Gasteiger partial charge in [-0.05, 0) is 23.6 Å². The molecule has 1 aliphatic rings. The van der Waals surface area contributed by atoms with E-state index >= 15 is 0 Å². The maximum atomic E-state index is 11.8. The van der Waals surface area contributed by atoms with E-state index in [-0.39, 0.29) is 11.5 Å². The first-order valence-corrected chi connectivity index (χ1v) is 7.94. The standard InChI is InChI=1S/C19H19N3O2/c23-18-8-7-16(13-21-18)19(24)20-10-3-4-11-22-12-9-15-5-1-2-6-17(15)14-22/h1-2,5-8,13H,9-12,14H2,(H,20,24)(H,21,23). The van der Waals surface area contributed by atoms with Crippen LogP contribution < -0.4 is 10.9 Å². The van der Waals surface area contributed by atoms with E-state index in [1.54, 1.807) is 0 Å². The van der Waals surface area contributed by atoms with E-state index in [2.05, 4.69) is 51.3 Å². The number of benzene rings is 1. The Morgan fingerprint density at radius 3 is 2.79 bits per heavy atom. The van der Waals surface area contributed by atoms with Gasteiger partial charge in [-0.3, -0.25) is 14.5 Å². The molecule has 0 atom stereocenters. The van der Waals surface area contributed by atoms with Crippen LogP contribution in [0.2, 0.25) is 0 Å². The predicted octanol–water partition coefficient (Wildman–Crippen LogP) is 1.17. The first-order valence-electron chi connectivity index (χ1n) is 7.94. The lowest BCUT2D eigenvalue weighted by Gasteiger charge is -2.26. The van der Waals surface area contributed by atoms with Gasteiger partial charge in [-0.2, -0.15) is 0 Å². The van der Waals surface area contributed by atoms with Crippen molar-refractivity contribution in [1.29, 1.82) is 0 Å². The van der Waals surface area contributed by atoms with Crippen LogP contribution in [-0.2, 0) is 13.0 Å². The lowest BCUT2D eigenvalue weighted by Crippen LogP contribution is -2.31. The Morgan fingerprint density at radius 1 is 1.17 bits per heavy atom. The van der Waals surface area contributed by atoms with Crippen LogP contribution in [0.25, 0.3) is 0 Å². The zero-order chi connectivity index (χ0) is 16.8. The number of H-pyrrole nitrogens is 1. The molecule has 5 nitrogen and oxygen atoms in total. The second-order valence-electron chi connectivity index (χ2n) is 5.71. The van der Waals surface area contributed by atoms with Gasteiger partial charge in [0, 0.05) is 25.4 Å². The fourth-order valence-corrected chi connectivity index (χ4v) is 2.70. The van der Waals surface area contributed by atoms with E-state index in [1.165, 1.54) is 29.5 Å². The molecule has 1 amide bonds. The van der Waals surface area contributed by atoms with Crippen molar-refractivity contribution >= 4 is 5.91 Å². The largest absolute Gasteiger partial charge is 0.341 e. The highest BCUT2D eigenvalue weighted by Crippen LogP contribution is 2.17. The van der Waals surface area contributed by atoms with Crippen LogP contribution in [0.15, 0.2) is 47.4 Å². The van der Waals surface area contributed by atoms with Crippen molar-refractivity contribution in [2.24, 2.45) is 0 Å². The van der Waals surface area contributed by atoms with Gasteiger partial charge in [0.1, 0.15) is 0 Å². The number of carbonyl (C=O) groups is 1. The second-order valence-corrected chi connectivity index (χ2v) is 5.71. The van der Waals surface area contributed by atoms with Crippen LogP contribution >= 0.6 is 0 Å². The molecule has 2 N–H and O–H groups in total. The van der Waals surface area contributed by atoms with Crippen molar-refractivity contribution in [2.45, 2.75) is 13.0 Å².